The van der Waals surface area contributed by atoms with Crippen molar-refractivity contribution in [3.63, 3.8) is 0 Å². The van der Waals surface area contributed by atoms with Crippen molar-refractivity contribution in [3.05, 3.63) is 71.7 Å². The van der Waals surface area contributed by atoms with E-state index < -0.39 is 0 Å². The van der Waals surface area contributed by atoms with Gasteiger partial charge in [-0.25, -0.2) is 4.39 Å². The molecule has 0 fully saturated rings. The summed E-state index contributed by atoms with van der Waals surface area (Å²) in [6.07, 6.45) is 0.685. The van der Waals surface area contributed by atoms with Crippen LogP contribution in [0.2, 0.25) is 0 Å². The molecule has 3 rings (SSSR count). The number of aromatic nitrogens is 3. The molecule has 5 nitrogen and oxygen atoms in total. The number of hydrogen-bond acceptors (Lipinski definition) is 4. The van der Waals surface area contributed by atoms with Crippen LogP contribution in [-0.2, 0) is 13.1 Å². The molecule has 130 valence electrons. The first kappa shape index (κ1) is 17.3. The molecule has 1 aromatic heterocycles. The Labute approximate surface area is 146 Å². The van der Waals surface area contributed by atoms with Crippen LogP contribution in [0.4, 0.5) is 4.39 Å². The average Bonchev–Trinajstić information content (AvgIpc) is 3.04. The van der Waals surface area contributed by atoms with Crippen LogP contribution in [0.1, 0.15) is 17.7 Å². The summed E-state index contributed by atoms with van der Waals surface area (Å²) in [5, 5.41) is 21.2. The molecule has 2 N–H and O–H groups in total. The summed E-state index contributed by atoms with van der Waals surface area (Å²) in [5.74, 6) is -0.260. The van der Waals surface area contributed by atoms with E-state index in [0.29, 0.717) is 25.1 Å². The first-order valence-corrected chi connectivity index (χ1v) is 8.32. The molecule has 2 aromatic carbocycles. The highest BCUT2D eigenvalue weighted by Gasteiger charge is 2.14. The average molecular weight is 340 g/mol. The van der Waals surface area contributed by atoms with Crippen LogP contribution in [0, 0.1) is 5.82 Å². The molecule has 0 amide bonds. The molecule has 0 saturated heterocycles. The van der Waals surface area contributed by atoms with Crippen LogP contribution < -0.4 is 5.32 Å². The van der Waals surface area contributed by atoms with Gasteiger partial charge in [-0.15, -0.1) is 0 Å². The minimum Gasteiger partial charge on any atom is -0.396 e. The van der Waals surface area contributed by atoms with Crippen LogP contribution in [0.3, 0.4) is 0 Å². The fourth-order valence-corrected chi connectivity index (χ4v) is 2.58. The van der Waals surface area contributed by atoms with Gasteiger partial charge in [0.2, 0.25) is 0 Å². The largest absolute Gasteiger partial charge is 0.396 e. The third kappa shape index (κ3) is 4.49. The third-order valence-corrected chi connectivity index (χ3v) is 3.85. The van der Waals surface area contributed by atoms with E-state index in [1.165, 1.54) is 10.9 Å². The standard InChI is InChI=1S/C19H21FN4O/c20-17-10-5-4-9-16(17)14-24-22-18(13-21-11-6-12-25)19(23-24)15-7-2-1-3-8-15/h1-5,7-10,21,25H,6,11-14H2. The van der Waals surface area contributed by atoms with E-state index >= 15 is 0 Å². The molecule has 0 saturated carbocycles. The molecule has 25 heavy (non-hydrogen) atoms. The normalized spacial score (nSPS) is 11.0. The predicted octanol–water partition coefficient (Wildman–Crippen LogP) is 2.60. The number of hydrogen-bond donors (Lipinski definition) is 2. The Bertz CT molecular complexity index is 804. The van der Waals surface area contributed by atoms with Crippen LogP contribution in [-0.4, -0.2) is 33.3 Å². The van der Waals surface area contributed by atoms with Crippen LogP contribution in [0.25, 0.3) is 11.3 Å². The van der Waals surface area contributed by atoms with Crippen LogP contribution >= 0.6 is 0 Å². The Balaban J connectivity index is 1.84. The zero-order valence-corrected chi connectivity index (χ0v) is 13.9. The number of aliphatic hydroxyl groups excluding tert-OH is 1. The van der Waals surface area contributed by atoms with Crippen molar-refractivity contribution in [3.8, 4) is 11.3 Å². The van der Waals surface area contributed by atoms with Crippen LogP contribution in [0.5, 0.6) is 0 Å². The van der Waals surface area contributed by atoms with Crippen molar-refractivity contribution >= 4 is 0 Å². The number of halogens is 1. The van der Waals surface area contributed by atoms with E-state index in [1.54, 1.807) is 18.2 Å². The fourth-order valence-electron chi connectivity index (χ4n) is 2.58. The zero-order chi connectivity index (χ0) is 17.5. The second-order valence-electron chi connectivity index (χ2n) is 5.74. The topological polar surface area (TPSA) is 63.0 Å². The second kappa shape index (κ2) is 8.50. The molecule has 0 unspecified atom stereocenters. The lowest BCUT2D eigenvalue weighted by Gasteiger charge is -2.02. The fraction of sp³-hybridized carbons (Fsp3) is 0.263. The van der Waals surface area contributed by atoms with E-state index in [1.807, 2.05) is 30.3 Å². The van der Waals surface area contributed by atoms with Gasteiger partial charge in [0.05, 0.1) is 6.54 Å². The highest BCUT2D eigenvalue weighted by Crippen LogP contribution is 2.20. The van der Waals surface area contributed by atoms with Crippen LogP contribution in [0.15, 0.2) is 54.6 Å². The number of aliphatic hydroxyl groups is 1. The second-order valence-corrected chi connectivity index (χ2v) is 5.74. The van der Waals surface area contributed by atoms with Gasteiger partial charge < -0.3 is 10.4 Å². The van der Waals surface area contributed by atoms with Gasteiger partial charge in [-0.2, -0.15) is 15.0 Å². The van der Waals surface area contributed by atoms with Crippen molar-refractivity contribution in [1.82, 2.24) is 20.3 Å². The van der Waals surface area contributed by atoms with Crippen molar-refractivity contribution in [2.24, 2.45) is 0 Å². The van der Waals surface area contributed by atoms with E-state index in [2.05, 4.69) is 15.5 Å². The molecular formula is C19H21FN4O. The van der Waals surface area contributed by atoms with Gasteiger partial charge in [-0.05, 0) is 19.0 Å². The maximum atomic E-state index is 13.9. The van der Waals surface area contributed by atoms with Gasteiger partial charge in [0.25, 0.3) is 0 Å². The highest BCUT2D eigenvalue weighted by molar-refractivity contribution is 5.60. The van der Waals surface area contributed by atoms with Gasteiger partial charge in [-0.3, -0.25) is 0 Å². The van der Waals surface area contributed by atoms with Crippen molar-refractivity contribution in [2.45, 2.75) is 19.5 Å². The lowest BCUT2D eigenvalue weighted by molar-refractivity contribution is 0.286. The lowest BCUT2D eigenvalue weighted by Crippen LogP contribution is -2.16. The lowest BCUT2D eigenvalue weighted by atomic mass is 10.1. The van der Waals surface area contributed by atoms with E-state index in [4.69, 9.17) is 5.11 Å². The molecule has 6 heteroatoms. The molecule has 1 heterocycles. The summed E-state index contributed by atoms with van der Waals surface area (Å²) in [7, 11) is 0. The van der Waals surface area contributed by atoms with Gasteiger partial charge in [0, 0.05) is 24.3 Å². The van der Waals surface area contributed by atoms with E-state index in [-0.39, 0.29) is 19.0 Å². The summed E-state index contributed by atoms with van der Waals surface area (Å²) in [4.78, 5) is 1.53. The number of nitrogens with one attached hydrogen (secondary N) is 1. The van der Waals surface area contributed by atoms with Crippen molar-refractivity contribution < 1.29 is 9.50 Å². The van der Waals surface area contributed by atoms with Gasteiger partial charge >= 0.3 is 0 Å². The molecular weight excluding hydrogens is 319 g/mol. The Hall–Kier alpha value is -2.57. The monoisotopic (exact) mass is 340 g/mol. The Kier molecular flexibility index (Phi) is 5.87. The van der Waals surface area contributed by atoms with Gasteiger partial charge in [0.1, 0.15) is 17.2 Å². The maximum Gasteiger partial charge on any atom is 0.128 e. The minimum absolute atomic E-state index is 0.151. The number of nitrogens with zero attached hydrogens (tertiary/aromatic N) is 3. The number of benzene rings is 2. The van der Waals surface area contributed by atoms with Crippen molar-refractivity contribution in [2.75, 3.05) is 13.2 Å². The highest BCUT2D eigenvalue weighted by atomic mass is 19.1. The Morgan fingerprint density at radius 2 is 1.76 bits per heavy atom. The van der Waals surface area contributed by atoms with Gasteiger partial charge in [0.15, 0.2) is 0 Å². The molecule has 0 spiro atoms. The molecule has 0 radical (unpaired) electrons. The Morgan fingerprint density at radius 3 is 2.52 bits per heavy atom. The molecule has 3 aromatic rings. The summed E-state index contributed by atoms with van der Waals surface area (Å²) < 4.78 is 13.9. The van der Waals surface area contributed by atoms with E-state index in [9.17, 15) is 4.39 Å². The molecule has 0 aliphatic heterocycles. The smallest absolute Gasteiger partial charge is 0.128 e. The number of rotatable bonds is 8. The first-order valence-electron chi connectivity index (χ1n) is 8.32. The molecule has 0 bridgehead atoms. The first-order chi connectivity index (χ1) is 12.3. The zero-order valence-electron chi connectivity index (χ0n) is 13.9. The van der Waals surface area contributed by atoms with E-state index in [0.717, 1.165) is 17.0 Å². The summed E-state index contributed by atoms with van der Waals surface area (Å²) in [6.45, 7) is 1.67. The third-order valence-electron chi connectivity index (χ3n) is 3.85. The quantitative estimate of drug-likeness (QED) is 0.619. The van der Waals surface area contributed by atoms with Gasteiger partial charge in [-0.1, -0.05) is 48.5 Å². The molecule has 0 aliphatic carbocycles. The van der Waals surface area contributed by atoms with Crippen molar-refractivity contribution in [1.29, 1.82) is 0 Å². The maximum absolute atomic E-state index is 13.9. The summed E-state index contributed by atoms with van der Waals surface area (Å²) in [5.41, 5.74) is 3.12. The predicted molar refractivity (Wildman–Crippen MR) is 94.4 cm³/mol. The summed E-state index contributed by atoms with van der Waals surface area (Å²) in [6, 6.07) is 16.5. The Morgan fingerprint density at radius 1 is 1.00 bits per heavy atom. The summed E-state index contributed by atoms with van der Waals surface area (Å²) >= 11 is 0. The SMILES string of the molecule is OCCCNCc1nn(Cc2ccccc2F)nc1-c1ccccc1. The minimum atomic E-state index is -0.260. The molecule has 0 aliphatic rings. The molecule has 0 atom stereocenters.